The van der Waals surface area contributed by atoms with Crippen LogP contribution in [-0.2, 0) is 7.05 Å². The monoisotopic (exact) mass is 378 g/mol. The Hall–Kier alpha value is -3.92. The number of benzene rings is 2. The van der Waals surface area contributed by atoms with Crippen LogP contribution in [0.2, 0.25) is 0 Å². The molecule has 28 heavy (non-hydrogen) atoms. The van der Waals surface area contributed by atoms with Crippen LogP contribution in [0.3, 0.4) is 0 Å². The zero-order chi connectivity index (χ0) is 19.1. The summed E-state index contributed by atoms with van der Waals surface area (Å²) in [4.78, 5) is 10.5. The van der Waals surface area contributed by atoms with E-state index in [1.165, 1.54) is 0 Å². The minimum absolute atomic E-state index is 0.481. The average Bonchev–Trinajstić information content (AvgIpc) is 3.47. The first-order chi connectivity index (χ1) is 13.7. The highest BCUT2D eigenvalue weighted by molar-refractivity contribution is 5.82. The second-order valence-electron chi connectivity index (χ2n) is 6.07. The number of methoxy groups -OCH3 is 1. The van der Waals surface area contributed by atoms with Crippen LogP contribution in [0.15, 0.2) is 47.1 Å². The predicted octanol–water partition coefficient (Wildman–Crippen LogP) is 2.40. The fourth-order valence-electron chi connectivity index (χ4n) is 3.07. The third-order valence-corrected chi connectivity index (χ3v) is 4.44. The molecule has 1 aliphatic rings. The van der Waals surface area contributed by atoms with Gasteiger partial charge in [0.15, 0.2) is 17.3 Å². The molecule has 0 spiro atoms. The Kier molecular flexibility index (Phi) is 3.69. The molecule has 3 heterocycles. The molecule has 5 rings (SSSR count). The van der Waals surface area contributed by atoms with E-state index in [9.17, 15) is 0 Å². The van der Waals surface area contributed by atoms with Crippen LogP contribution in [0.25, 0.3) is 33.8 Å². The normalized spacial score (nSPS) is 12.4. The summed E-state index contributed by atoms with van der Waals surface area (Å²) < 4.78 is 12.5. The molecule has 0 saturated carbocycles. The van der Waals surface area contributed by atoms with Crippen molar-refractivity contribution in [1.29, 1.82) is 0 Å². The highest BCUT2D eigenvalue weighted by Gasteiger charge is 2.24. The standard InChI is InChI=1S/C18H14N6O4/c1-24-18(20-21-22-24)11-5-3-10(4-6-11)13-9-19-27-16(13)12-7-14(25-2)17-15(8-12)26-23-28-17/h3-9,23H,1-2H3. The topological polar surface area (TPSA) is 109 Å². The molecule has 0 amide bonds. The van der Waals surface area contributed by atoms with Gasteiger partial charge in [-0.2, -0.15) is 0 Å². The van der Waals surface area contributed by atoms with Crippen LogP contribution in [0, 0.1) is 0 Å². The Balaban J connectivity index is 1.55. The first kappa shape index (κ1) is 16.3. The zero-order valence-corrected chi connectivity index (χ0v) is 14.9. The Labute approximate surface area is 158 Å². The van der Waals surface area contributed by atoms with Gasteiger partial charge >= 0.3 is 0 Å². The second-order valence-corrected chi connectivity index (χ2v) is 6.07. The van der Waals surface area contributed by atoms with Gasteiger partial charge in [0.2, 0.25) is 11.5 Å². The number of hydrogen-bond acceptors (Lipinski definition) is 9. The van der Waals surface area contributed by atoms with Gasteiger partial charge in [-0.3, -0.25) is 0 Å². The number of ether oxygens (including phenoxy) is 1. The zero-order valence-electron chi connectivity index (χ0n) is 14.9. The summed E-state index contributed by atoms with van der Waals surface area (Å²) in [7, 11) is 3.35. The van der Waals surface area contributed by atoms with Crippen molar-refractivity contribution in [3.05, 3.63) is 42.6 Å². The summed E-state index contributed by atoms with van der Waals surface area (Å²) >= 11 is 0. The molecule has 0 radical (unpaired) electrons. The molecule has 140 valence electrons. The van der Waals surface area contributed by atoms with E-state index in [1.54, 1.807) is 37.2 Å². The van der Waals surface area contributed by atoms with Crippen molar-refractivity contribution in [2.75, 3.05) is 7.11 Å². The molecule has 1 N–H and O–H groups in total. The van der Waals surface area contributed by atoms with Crippen molar-refractivity contribution in [1.82, 2.24) is 31.0 Å². The van der Waals surface area contributed by atoms with Gasteiger partial charge in [0, 0.05) is 29.4 Å². The fraction of sp³-hybridized carbons (Fsp3) is 0.111. The number of aromatic nitrogens is 5. The van der Waals surface area contributed by atoms with E-state index >= 15 is 0 Å². The number of tetrazole rings is 1. The van der Waals surface area contributed by atoms with Gasteiger partial charge in [-0.1, -0.05) is 29.4 Å². The third kappa shape index (κ3) is 2.55. The maximum atomic E-state index is 5.53. The summed E-state index contributed by atoms with van der Waals surface area (Å²) in [5.41, 5.74) is 5.78. The Morgan fingerprint density at radius 2 is 1.86 bits per heavy atom. The molecule has 0 atom stereocenters. The summed E-state index contributed by atoms with van der Waals surface area (Å²) in [6.07, 6.45) is 1.67. The van der Waals surface area contributed by atoms with Crippen molar-refractivity contribution < 1.29 is 18.9 Å². The number of fused-ring (bicyclic) bond motifs is 1. The van der Waals surface area contributed by atoms with Crippen LogP contribution in [-0.4, -0.2) is 32.5 Å². The molecule has 0 fully saturated rings. The van der Waals surface area contributed by atoms with Crippen LogP contribution >= 0.6 is 0 Å². The second kappa shape index (κ2) is 6.35. The lowest BCUT2D eigenvalue weighted by Gasteiger charge is -2.07. The molecule has 10 heteroatoms. The Bertz CT molecular complexity index is 1150. The van der Waals surface area contributed by atoms with E-state index in [4.69, 9.17) is 18.9 Å². The lowest BCUT2D eigenvalue weighted by atomic mass is 10.0. The Morgan fingerprint density at radius 3 is 2.61 bits per heavy atom. The van der Waals surface area contributed by atoms with E-state index in [1.807, 2.05) is 24.3 Å². The van der Waals surface area contributed by atoms with Crippen molar-refractivity contribution in [2.45, 2.75) is 0 Å². The van der Waals surface area contributed by atoms with Gasteiger partial charge < -0.3 is 18.9 Å². The highest BCUT2D eigenvalue weighted by Crippen LogP contribution is 2.44. The highest BCUT2D eigenvalue weighted by atomic mass is 16.9. The molecular weight excluding hydrogens is 364 g/mol. The van der Waals surface area contributed by atoms with Gasteiger partial charge in [0.25, 0.3) is 0 Å². The summed E-state index contributed by atoms with van der Waals surface area (Å²) in [6, 6.07) is 11.4. The summed E-state index contributed by atoms with van der Waals surface area (Å²) in [6.45, 7) is 0. The smallest absolute Gasteiger partial charge is 0.237 e. The molecule has 0 unspecified atom stereocenters. The van der Waals surface area contributed by atoms with E-state index in [-0.39, 0.29) is 0 Å². The lowest BCUT2D eigenvalue weighted by molar-refractivity contribution is 0.0248. The van der Waals surface area contributed by atoms with Crippen LogP contribution < -0.4 is 20.1 Å². The minimum atomic E-state index is 0.481. The van der Waals surface area contributed by atoms with Crippen LogP contribution in [0.1, 0.15) is 0 Å². The van der Waals surface area contributed by atoms with Crippen molar-refractivity contribution in [2.24, 2.45) is 7.05 Å². The van der Waals surface area contributed by atoms with Crippen LogP contribution in [0.4, 0.5) is 0 Å². The number of hydrogen-bond donors (Lipinski definition) is 1. The molecule has 1 aliphatic heterocycles. The molecule has 4 aromatic rings. The van der Waals surface area contributed by atoms with Crippen LogP contribution in [0.5, 0.6) is 17.2 Å². The number of rotatable bonds is 4. The molecule has 10 nitrogen and oxygen atoms in total. The summed E-state index contributed by atoms with van der Waals surface area (Å²) in [5.74, 6) is 2.77. The predicted molar refractivity (Wildman–Crippen MR) is 96.1 cm³/mol. The van der Waals surface area contributed by atoms with Gasteiger partial charge in [0.05, 0.1) is 13.3 Å². The van der Waals surface area contributed by atoms with Gasteiger partial charge in [-0.05, 0) is 28.1 Å². The minimum Gasteiger partial charge on any atom is -0.493 e. The number of nitrogens with one attached hydrogen (secondary N) is 1. The van der Waals surface area contributed by atoms with E-state index < -0.39 is 0 Å². The molecule has 0 bridgehead atoms. The Morgan fingerprint density at radius 1 is 1.04 bits per heavy atom. The maximum absolute atomic E-state index is 5.53. The van der Waals surface area contributed by atoms with Crippen molar-refractivity contribution >= 4 is 0 Å². The largest absolute Gasteiger partial charge is 0.493 e. The first-order valence-electron chi connectivity index (χ1n) is 8.33. The van der Waals surface area contributed by atoms with E-state index in [0.717, 1.165) is 22.3 Å². The maximum Gasteiger partial charge on any atom is 0.237 e. The van der Waals surface area contributed by atoms with Crippen molar-refractivity contribution in [3.63, 3.8) is 0 Å². The molecule has 2 aromatic heterocycles. The SMILES string of the molecule is COc1cc(-c2oncc2-c2ccc(-c3nnnn3C)cc2)cc2c1ONO2. The van der Waals surface area contributed by atoms with E-state index in [2.05, 4.69) is 26.3 Å². The average molecular weight is 378 g/mol. The molecule has 0 saturated heterocycles. The quantitative estimate of drug-likeness (QED) is 0.572. The number of aryl methyl sites for hydroxylation is 1. The third-order valence-electron chi connectivity index (χ3n) is 4.44. The van der Waals surface area contributed by atoms with E-state index in [0.29, 0.717) is 28.8 Å². The molecular formula is C18H14N6O4. The van der Waals surface area contributed by atoms with Gasteiger partial charge in [0.1, 0.15) is 0 Å². The van der Waals surface area contributed by atoms with Gasteiger partial charge in [-0.25, -0.2) is 4.68 Å². The summed E-state index contributed by atoms with van der Waals surface area (Å²) in [5, 5.41) is 15.5. The van der Waals surface area contributed by atoms with Crippen molar-refractivity contribution in [3.8, 4) is 51.1 Å². The first-order valence-corrected chi connectivity index (χ1v) is 8.33. The molecule has 0 aliphatic carbocycles. The fourth-order valence-corrected chi connectivity index (χ4v) is 3.07. The lowest BCUT2D eigenvalue weighted by Crippen LogP contribution is -2.14. The number of nitrogens with zero attached hydrogens (tertiary/aromatic N) is 5. The molecule has 2 aromatic carbocycles. The van der Waals surface area contributed by atoms with Gasteiger partial charge in [-0.15, -0.1) is 5.10 Å².